The van der Waals surface area contributed by atoms with Crippen LogP contribution in [0.2, 0.25) is 0 Å². The zero-order valence-corrected chi connectivity index (χ0v) is 8.53. The summed E-state index contributed by atoms with van der Waals surface area (Å²) in [5.74, 6) is -0.967. The van der Waals surface area contributed by atoms with Crippen LogP contribution in [0.15, 0.2) is 24.3 Å². The predicted octanol–water partition coefficient (Wildman–Crippen LogP) is 1.20. The molecule has 0 aromatic heterocycles. The lowest BCUT2D eigenvalue weighted by Gasteiger charge is -2.00. The van der Waals surface area contributed by atoms with Gasteiger partial charge >= 0.3 is 5.97 Å². The van der Waals surface area contributed by atoms with Gasteiger partial charge in [0.15, 0.2) is 0 Å². The normalized spacial score (nSPS) is 10.7. The molecule has 0 aliphatic carbocycles. The van der Waals surface area contributed by atoms with Crippen LogP contribution in [0.3, 0.4) is 0 Å². The third-order valence-corrected chi connectivity index (χ3v) is 1.86. The van der Waals surface area contributed by atoms with E-state index >= 15 is 0 Å². The molecule has 0 amide bonds. The third-order valence-electron chi connectivity index (χ3n) is 1.86. The van der Waals surface area contributed by atoms with Crippen LogP contribution in [0, 0.1) is 0 Å². The van der Waals surface area contributed by atoms with Crippen molar-refractivity contribution in [3.8, 4) is 0 Å². The van der Waals surface area contributed by atoms with Gasteiger partial charge in [-0.2, -0.15) is 0 Å². The first kappa shape index (κ1) is 11.3. The number of aromatic carboxylic acids is 1. The average Bonchev–Trinajstić information content (AvgIpc) is 2.17. The number of likely N-dealkylation sites (N-methyl/N-ethyl adjacent to an activating group) is 1. The summed E-state index contributed by atoms with van der Waals surface area (Å²) in [5, 5.41) is 11.8. The highest BCUT2D eigenvalue weighted by Gasteiger charge is 2.03. The lowest BCUT2D eigenvalue weighted by molar-refractivity contribution is 0.0697. The highest BCUT2D eigenvalue weighted by atomic mass is 16.4. The maximum Gasteiger partial charge on any atom is 0.335 e. The molecule has 0 aliphatic heterocycles. The van der Waals surface area contributed by atoms with Gasteiger partial charge in [0.25, 0.3) is 0 Å². The van der Waals surface area contributed by atoms with Crippen LogP contribution in [0.1, 0.15) is 15.9 Å². The first-order valence-electron chi connectivity index (χ1n) is 4.58. The summed E-state index contributed by atoms with van der Waals surface area (Å²) in [6.07, 6.45) is 3.74. The van der Waals surface area contributed by atoms with Gasteiger partial charge in [-0.3, -0.25) is 0 Å². The van der Waals surface area contributed by atoms with Crippen LogP contribution in [0.4, 0.5) is 5.69 Å². The molecule has 0 unspecified atom stereocenters. The van der Waals surface area contributed by atoms with Gasteiger partial charge in [0.2, 0.25) is 0 Å². The maximum absolute atomic E-state index is 10.7. The van der Waals surface area contributed by atoms with E-state index in [1.54, 1.807) is 12.1 Å². The molecule has 0 bridgehead atoms. The topological polar surface area (TPSA) is 75.3 Å². The van der Waals surface area contributed by atoms with Crippen molar-refractivity contribution in [2.45, 2.75) is 0 Å². The number of nitrogen functional groups attached to an aromatic ring is 1. The lowest BCUT2D eigenvalue weighted by atomic mass is 10.1. The fourth-order valence-corrected chi connectivity index (χ4v) is 1.21. The number of nitrogens with two attached hydrogens (primary N) is 1. The zero-order chi connectivity index (χ0) is 11.3. The summed E-state index contributed by atoms with van der Waals surface area (Å²) in [6, 6.07) is 4.77. The first-order chi connectivity index (χ1) is 7.13. The molecule has 0 heterocycles. The lowest BCUT2D eigenvalue weighted by Crippen LogP contribution is -2.03. The molecule has 0 saturated carbocycles. The fraction of sp³-hybridized carbons (Fsp3) is 0.182. The Kier molecular flexibility index (Phi) is 3.88. The SMILES string of the molecule is CNCC=Cc1cc(N)cc(C(=O)O)c1. The molecule has 1 aromatic carbocycles. The van der Waals surface area contributed by atoms with Gasteiger partial charge in [-0.15, -0.1) is 0 Å². The van der Waals surface area contributed by atoms with Gasteiger partial charge in [-0.05, 0) is 30.8 Å². The Hall–Kier alpha value is -1.81. The van der Waals surface area contributed by atoms with Gasteiger partial charge < -0.3 is 16.2 Å². The number of carboxylic acids is 1. The van der Waals surface area contributed by atoms with Crippen LogP contribution >= 0.6 is 0 Å². The largest absolute Gasteiger partial charge is 0.478 e. The Morgan fingerprint density at radius 1 is 1.53 bits per heavy atom. The van der Waals surface area contributed by atoms with Crippen molar-refractivity contribution in [1.82, 2.24) is 5.32 Å². The number of hydrogen-bond acceptors (Lipinski definition) is 3. The van der Waals surface area contributed by atoms with Gasteiger partial charge in [-0.1, -0.05) is 12.2 Å². The van der Waals surface area contributed by atoms with E-state index in [0.717, 1.165) is 12.1 Å². The molecule has 0 radical (unpaired) electrons. The fourth-order valence-electron chi connectivity index (χ4n) is 1.21. The summed E-state index contributed by atoms with van der Waals surface area (Å²) < 4.78 is 0. The second-order valence-electron chi connectivity index (χ2n) is 3.15. The number of rotatable bonds is 4. The number of benzene rings is 1. The zero-order valence-electron chi connectivity index (χ0n) is 8.53. The minimum atomic E-state index is -0.967. The summed E-state index contributed by atoms with van der Waals surface area (Å²) in [7, 11) is 1.84. The standard InChI is InChI=1S/C11H14N2O2/c1-13-4-2-3-8-5-9(11(14)15)7-10(12)6-8/h2-3,5-7,13H,4,12H2,1H3,(H,14,15). The van der Waals surface area contributed by atoms with E-state index in [1.165, 1.54) is 6.07 Å². The Morgan fingerprint density at radius 2 is 2.27 bits per heavy atom. The second-order valence-corrected chi connectivity index (χ2v) is 3.15. The summed E-state index contributed by atoms with van der Waals surface area (Å²) >= 11 is 0. The molecule has 0 atom stereocenters. The number of anilines is 1. The van der Waals surface area contributed by atoms with Crippen molar-refractivity contribution >= 4 is 17.7 Å². The molecule has 0 fully saturated rings. The van der Waals surface area contributed by atoms with E-state index in [0.29, 0.717) is 5.69 Å². The molecule has 15 heavy (non-hydrogen) atoms. The quantitative estimate of drug-likeness (QED) is 0.647. The molecule has 1 aromatic rings. The van der Waals surface area contributed by atoms with Gasteiger partial charge in [0, 0.05) is 12.2 Å². The molecule has 4 N–H and O–H groups in total. The van der Waals surface area contributed by atoms with Crippen molar-refractivity contribution in [2.75, 3.05) is 19.3 Å². The molecule has 80 valence electrons. The molecule has 0 saturated heterocycles. The number of carboxylic acid groups (broad SMARTS) is 1. The number of carbonyl (C=O) groups is 1. The Labute approximate surface area is 88.4 Å². The van der Waals surface area contributed by atoms with Crippen LogP contribution in [0.25, 0.3) is 6.08 Å². The van der Waals surface area contributed by atoms with E-state index in [-0.39, 0.29) is 5.56 Å². The minimum absolute atomic E-state index is 0.208. The smallest absolute Gasteiger partial charge is 0.335 e. The Balaban J connectivity index is 2.93. The van der Waals surface area contributed by atoms with Crippen molar-refractivity contribution in [1.29, 1.82) is 0 Å². The Bertz CT molecular complexity index is 386. The maximum atomic E-state index is 10.7. The Morgan fingerprint density at radius 3 is 2.87 bits per heavy atom. The van der Waals surface area contributed by atoms with E-state index < -0.39 is 5.97 Å². The van der Waals surface area contributed by atoms with Crippen molar-refractivity contribution < 1.29 is 9.90 Å². The van der Waals surface area contributed by atoms with Gasteiger partial charge in [0.05, 0.1) is 5.56 Å². The van der Waals surface area contributed by atoms with Crippen LogP contribution in [-0.4, -0.2) is 24.7 Å². The second kappa shape index (κ2) is 5.17. The van der Waals surface area contributed by atoms with Crippen molar-refractivity contribution in [3.05, 3.63) is 35.4 Å². The van der Waals surface area contributed by atoms with Crippen molar-refractivity contribution in [3.63, 3.8) is 0 Å². The minimum Gasteiger partial charge on any atom is -0.478 e. The van der Waals surface area contributed by atoms with Crippen LogP contribution in [-0.2, 0) is 0 Å². The van der Waals surface area contributed by atoms with E-state index in [1.807, 2.05) is 19.2 Å². The monoisotopic (exact) mass is 206 g/mol. The molecular weight excluding hydrogens is 192 g/mol. The molecule has 1 rings (SSSR count). The van der Waals surface area contributed by atoms with E-state index in [9.17, 15) is 4.79 Å². The molecule has 0 aliphatic rings. The molecule has 0 spiro atoms. The van der Waals surface area contributed by atoms with Gasteiger partial charge in [0.1, 0.15) is 0 Å². The van der Waals surface area contributed by atoms with Crippen LogP contribution in [0.5, 0.6) is 0 Å². The predicted molar refractivity (Wildman–Crippen MR) is 60.8 cm³/mol. The average molecular weight is 206 g/mol. The van der Waals surface area contributed by atoms with Crippen LogP contribution < -0.4 is 11.1 Å². The van der Waals surface area contributed by atoms with E-state index in [2.05, 4.69) is 5.32 Å². The molecule has 4 heteroatoms. The summed E-state index contributed by atoms with van der Waals surface area (Å²) in [4.78, 5) is 10.7. The number of nitrogens with one attached hydrogen (secondary N) is 1. The first-order valence-corrected chi connectivity index (χ1v) is 4.58. The van der Waals surface area contributed by atoms with Crippen molar-refractivity contribution in [2.24, 2.45) is 0 Å². The third kappa shape index (κ3) is 3.44. The van der Waals surface area contributed by atoms with Gasteiger partial charge in [-0.25, -0.2) is 4.79 Å². The highest BCUT2D eigenvalue weighted by Crippen LogP contribution is 2.13. The number of hydrogen-bond donors (Lipinski definition) is 3. The molecule has 4 nitrogen and oxygen atoms in total. The highest BCUT2D eigenvalue weighted by molar-refractivity contribution is 5.89. The summed E-state index contributed by atoms with van der Waals surface area (Å²) in [5.41, 5.74) is 7.05. The summed E-state index contributed by atoms with van der Waals surface area (Å²) in [6.45, 7) is 0.733. The molecular formula is C11H14N2O2. The van der Waals surface area contributed by atoms with E-state index in [4.69, 9.17) is 10.8 Å².